The zero-order valence-electron chi connectivity index (χ0n) is 14.9. The van der Waals surface area contributed by atoms with Crippen LogP contribution in [0, 0.1) is 0 Å². The quantitative estimate of drug-likeness (QED) is 0.663. The van der Waals surface area contributed by atoms with Crippen LogP contribution in [-0.4, -0.2) is 25.0 Å². The van der Waals surface area contributed by atoms with Crippen LogP contribution >= 0.6 is 0 Å². The smallest absolute Gasteiger partial charge is 0.343 e. The molecule has 4 rings (SSSR count). The largest absolute Gasteiger partial charge is 0.497 e. The molecule has 0 spiro atoms. The molecule has 142 valence electrons. The van der Waals surface area contributed by atoms with E-state index in [0.29, 0.717) is 28.7 Å². The Kier molecular flexibility index (Phi) is 4.63. The van der Waals surface area contributed by atoms with Gasteiger partial charge < -0.3 is 28.8 Å². The van der Waals surface area contributed by atoms with Crippen molar-refractivity contribution >= 4 is 5.97 Å². The summed E-state index contributed by atoms with van der Waals surface area (Å²) in [6, 6.07) is 16.7. The van der Waals surface area contributed by atoms with Crippen LogP contribution in [0.2, 0.25) is 0 Å². The van der Waals surface area contributed by atoms with Gasteiger partial charge in [0.05, 0.1) is 7.11 Å². The summed E-state index contributed by atoms with van der Waals surface area (Å²) in [6.07, 6.45) is 0. The van der Waals surface area contributed by atoms with Crippen molar-refractivity contribution in [2.75, 3.05) is 13.9 Å². The van der Waals surface area contributed by atoms with Gasteiger partial charge in [-0.05, 0) is 36.4 Å². The van der Waals surface area contributed by atoms with E-state index in [4.69, 9.17) is 23.7 Å². The summed E-state index contributed by atoms with van der Waals surface area (Å²) in [5, 5.41) is 9.73. The molecule has 28 heavy (non-hydrogen) atoms. The molecule has 1 heterocycles. The molecule has 7 nitrogen and oxygen atoms in total. The summed E-state index contributed by atoms with van der Waals surface area (Å²) in [6.45, 7) is 0.142. The number of carbonyl (C=O) groups is 1. The van der Waals surface area contributed by atoms with Crippen LogP contribution in [0.1, 0.15) is 10.4 Å². The highest BCUT2D eigenvalue weighted by Crippen LogP contribution is 2.39. The number of ether oxygens (including phenoxy) is 5. The van der Waals surface area contributed by atoms with Gasteiger partial charge in [-0.15, -0.1) is 0 Å². The molecule has 0 unspecified atom stereocenters. The highest BCUT2D eigenvalue weighted by Gasteiger charge is 2.21. The Morgan fingerprint density at radius 1 is 0.857 bits per heavy atom. The summed E-state index contributed by atoms with van der Waals surface area (Å²) >= 11 is 0. The van der Waals surface area contributed by atoms with Crippen molar-refractivity contribution in [1.29, 1.82) is 0 Å². The van der Waals surface area contributed by atoms with E-state index in [1.807, 2.05) is 0 Å². The van der Waals surface area contributed by atoms with Crippen molar-refractivity contribution < 1.29 is 33.6 Å². The first-order valence-corrected chi connectivity index (χ1v) is 8.40. The van der Waals surface area contributed by atoms with E-state index >= 15 is 0 Å². The fourth-order valence-corrected chi connectivity index (χ4v) is 2.75. The summed E-state index contributed by atoms with van der Waals surface area (Å²) in [5.41, 5.74) is -0.0945. The van der Waals surface area contributed by atoms with E-state index in [2.05, 4.69) is 0 Å². The van der Waals surface area contributed by atoms with Crippen molar-refractivity contribution in [1.82, 2.24) is 0 Å². The number of hydrogen-bond donors (Lipinski definition) is 1. The van der Waals surface area contributed by atoms with Gasteiger partial charge in [-0.3, -0.25) is 0 Å². The van der Waals surface area contributed by atoms with E-state index < -0.39 is 5.97 Å². The van der Waals surface area contributed by atoms with Crippen LogP contribution in [-0.2, 0) is 0 Å². The van der Waals surface area contributed by atoms with Gasteiger partial charge in [-0.2, -0.15) is 0 Å². The van der Waals surface area contributed by atoms with Crippen LogP contribution in [0.3, 0.4) is 0 Å². The lowest BCUT2D eigenvalue weighted by Gasteiger charge is -2.14. The van der Waals surface area contributed by atoms with Crippen molar-refractivity contribution in [3.63, 3.8) is 0 Å². The fraction of sp³-hybridized carbons (Fsp3) is 0.0952. The third-order valence-electron chi connectivity index (χ3n) is 4.04. The standard InChI is InChI=1S/C21H16O7/c1-24-13-4-2-5-14(10-13)27-17-6-3-7-18(20(17)21(22)23)28-15-8-9-16-19(11-15)26-12-25-16/h2-11H,12H2,1H3,(H,22,23). The molecule has 0 amide bonds. The second kappa shape index (κ2) is 7.40. The van der Waals surface area contributed by atoms with Crippen molar-refractivity contribution in [3.05, 3.63) is 66.2 Å². The second-order valence-electron chi connectivity index (χ2n) is 5.83. The Hall–Kier alpha value is -3.87. The third-order valence-corrected chi connectivity index (χ3v) is 4.04. The Morgan fingerprint density at radius 2 is 1.50 bits per heavy atom. The van der Waals surface area contributed by atoms with Gasteiger partial charge in [0.25, 0.3) is 0 Å². The Labute approximate surface area is 160 Å². The van der Waals surface area contributed by atoms with Crippen LogP contribution in [0.4, 0.5) is 0 Å². The number of rotatable bonds is 6. The number of benzene rings is 3. The molecule has 3 aromatic rings. The van der Waals surface area contributed by atoms with Crippen LogP contribution < -0.4 is 23.7 Å². The first-order chi connectivity index (χ1) is 13.6. The molecule has 0 fully saturated rings. The lowest BCUT2D eigenvalue weighted by molar-refractivity contribution is 0.0691. The molecule has 0 radical (unpaired) electrons. The molecule has 0 atom stereocenters. The summed E-state index contributed by atoms with van der Waals surface area (Å²) in [5.74, 6) is 1.74. The number of carboxylic acid groups (broad SMARTS) is 1. The van der Waals surface area contributed by atoms with E-state index in [1.165, 1.54) is 0 Å². The molecule has 3 aromatic carbocycles. The van der Waals surface area contributed by atoms with Gasteiger partial charge in [0, 0.05) is 12.1 Å². The molecule has 1 N–H and O–H groups in total. The van der Waals surface area contributed by atoms with E-state index in [-0.39, 0.29) is 23.9 Å². The van der Waals surface area contributed by atoms with Gasteiger partial charge in [-0.25, -0.2) is 4.79 Å². The van der Waals surface area contributed by atoms with Gasteiger partial charge in [0.1, 0.15) is 34.3 Å². The molecule has 0 saturated heterocycles. The minimum atomic E-state index is -1.17. The third kappa shape index (κ3) is 3.50. The Balaban J connectivity index is 1.66. The molecular formula is C21H16O7. The summed E-state index contributed by atoms with van der Waals surface area (Å²) in [7, 11) is 1.54. The zero-order chi connectivity index (χ0) is 19.5. The molecule has 1 aliphatic rings. The zero-order valence-corrected chi connectivity index (χ0v) is 14.9. The maximum atomic E-state index is 11.9. The molecule has 7 heteroatoms. The second-order valence-corrected chi connectivity index (χ2v) is 5.83. The Morgan fingerprint density at radius 3 is 2.21 bits per heavy atom. The number of aromatic carboxylic acids is 1. The lowest BCUT2D eigenvalue weighted by atomic mass is 10.1. The summed E-state index contributed by atoms with van der Waals surface area (Å²) in [4.78, 5) is 11.9. The maximum absolute atomic E-state index is 11.9. The maximum Gasteiger partial charge on any atom is 0.343 e. The van der Waals surface area contributed by atoms with Gasteiger partial charge >= 0.3 is 5.97 Å². The molecule has 0 bridgehead atoms. The number of methoxy groups -OCH3 is 1. The molecular weight excluding hydrogens is 364 g/mol. The topological polar surface area (TPSA) is 83.5 Å². The van der Waals surface area contributed by atoms with Crippen molar-refractivity contribution in [2.24, 2.45) is 0 Å². The predicted molar refractivity (Wildman–Crippen MR) is 99.1 cm³/mol. The van der Waals surface area contributed by atoms with Crippen LogP contribution in [0.25, 0.3) is 0 Å². The van der Waals surface area contributed by atoms with Gasteiger partial charge in [0.15, 0.2) is 11.5 Å². The normalized spacial score (nSPS) is 11.8. The van der Waals surface area contributed by atoms with E-state index in [0.717, 1.165) is 0 Å². The van der Waals surface area contributed by atoms with Crippen molar-refractivity contribution in [3.8, 4) is 40.2 Å². The molecule has 0 saturated carbocycles. The molecule has 0 aliphatic carbocycles. The van der Waals surface area contributed by atoms with Crippen LogP contribution in [0.15, 0.2) is 60.7 Å². The van der Waals surface area contributed by atoms with E-state index in [9.17, 15) is 9.90 Å². The van der Waals surface area contributed by atoms with Gasteiger partial charge in [-0.1, -0.05) is 12.1 Å². The first-order valence-electron chi connectivity index (χ1n) is 8.40. The highest BCUT2D eigenvalue weighted by atomic mass is 16.7. The summed E-state index contributed by atoms with van der Waals surface area (Å²) < 4.78 is 27.3. The fourth-order valence-electron chi connectivity index (χ4n) is 2.75. The number of hydrogen-bond acceptors (Lipinski definition) is 6. The lowest BCUT2D eigenvalue weighted by Crippen LogP contribution is -2.03. The van der Waals surface area contributed by atoms with Crippen LogP contribution in [0.5, 0.6) is 40.2 Å². The molecule has 1 aliphatic heterocycles. The Bertz CT molecular complexity index is 1030. The van der Waals surface area contributed by atoms with Gasteiger partial charge in [0.2, 0.25) is 6.79 Å². The number of fused-ring (bicyclic) bond motifs is 1. The predicted octanol–water partition coefficient (Wildman–Crippen LogP) is 4.71. The average Bonchev–Trinajstić information content (AvgIpc) is 3.16. The van der Waals surface area contributed by atoms with E-state index in [1.54, 1.807) is 67.8 Å². The number of carboxylic acids is 1. The highest BCUT2D eigenvalue weighted by molar-refractivity contribution is 5.94. The van der Waals surface area contributed by atoms with Crippen molar-refractivity contribution in [2.45, 2.75) is 0 Å². The minimum Gasteiger partial charge on any atom is -0.497 e. The monoisotopic (exact) mass is 380 g/mol. The average molecular weight is 380 g/mol. The minimum absolute atomic E-state index is 0.0945. The first kappa shape index (κ1) is 17.5. The molecule has 0 aromatic heterocycles. The SMILES string of the molecule is COc1cccc(Oc2cccc(Oc3ccc4c(c3)OCO4)c2C(=O)O)c1.